The van der Waals surface area contributed by atoms with Gasteiger partial charge in [0.2, 0.25) is 0 Å². The van der Waals surface area contributed by atoms with Crippen molar-refractivity contribution in [3.05, 3.63) is 15.1 Å². The van der Waals surface area contributed by atoms with Gasteiger partial charge in [-0.2, -0.15) is 5.10 Å². The molecule has 2 aromatic heterocycles. The second-order valence-electron chi connectivity index (χ2n) is 2.05. The Kier molecular flexibility index (Phi) is 1.45. The normalized spacial score (nSPS) is 11.0. The molecular weight excluding hydrogens is 259 g/mol. The van der Waals surface area contributed by atoms with Gasteiger partial charge < -0.3 is 0 Å². The molecule has 2 heterocycles. The average Bonchev–Trinajstić information content (AvgIpc) is 2.39. The Labute approximate surface area is 76.0 Å². The van der Waals surface area contributed by atoms with Crippen LogP contribution in [0, 0.1) is 3.70 Å². The molecule has 0 aliphatic rings. The molecule has 0 saturated carbocycles. The maximum absolute atomic E-state index is 4.26. The van der Waals surface area contributed by atoms with Crippen LogP contribution in [0.2, 0.25) is 0 Å². The first-order valence-corrected chi connectivity index (χ1v) is 4.80. The number of hydrogen-bond acceptors (Lipinski definition) is 2. The van der Waals surface area contributed by atoms with E-state index in [4.69, 9.17) is 0 Å². The Hall–Kier alpha value is -0.100. The smallest absolute Gasteiger partial charge is 0.141 e. The molecule has 2 aromatic rings. The summed E-state index contributed by atoms with van der Waals surface area (Å²) in [5.41, 5.74) is 1.23. The zero-order valence-corrected chi connectivity index (χ0v) is 8.31. The predicted molar refractivity (Wildman–Crippen MR) is 51.3 cm³/mol. The highest BCUT2D eigenvalue weighted by Crippen LogP contribution is 2.24. The van der Waals surface area contributed by atoms with Crippen LogP contribution in [0.3, 0.4) is 0 Å². The zero-order valence-electron chi connectivity index (χ0n) is 5.34. The van der Waals surface area contributed by atoms with Gasteiger partial charge in [0.1, 0.15) is 3.70 Å². The van der Waals surface area contributed by atoms with Crippen LogP contribution < -0.4 is 0 Å². The maximum atomic E-state index is 4.26. The van der Waals surface area contributed by atoms with Crippen molar-refractivity contribution in [2.45, 2.75) is 0 Å². The molecule has 0 aromatic carbocycles. The molecule has 0 unspecified atom stereocenters. The lowest BCUT2D eigenvalue weighted by Crippen LogP contribution is -1.88. The minimum absolute atomic E-state index is 1.10. The van der Waals surface area contributed by atoms with Gasteiger partial charge in [-0.15, -0.1) is 11.3 Å². The summed E-state index contributed by atoms with van der Waals surface area (Å²) in [5, 5.41) is 6.36. The number of hydrogen-bond donors (Lipinski definition) is 0. The van der Waals surface area contributed by atoms with E-state index in [9.17, 15) is 0 Å². The number of aromatic nitrogens is 2. The summed E-state index contributed by atoms with van der Waals surface area (Å²) in [6.45, 7) is 0. The Morgan fingerprint density at radius 2 is 2.50 bits per heavy atom. The SMILES string of the molecule is Cn1nc(I)c2sccc21. The standard InChI is InChI=1S/C6H5IN2S/c1-9-4-2-3-10-5(4)6(7)8-9/h2-3H,1H3. The van der Waals surface area contributed by atoms with Gasteiger partial charge >= 0.3 is 0 Å². The van der Waals surface area contributed by atoms with Crippen molar-refractivity contribution in [2.24, 2.45) is 7.05 Å². The molecule has 0 amide bonds. The third-order valence-electron chi connectivity index (χ3n) is 1.42. The average molecular weight is 264 g/mol. The van der Waals surface area contributed by atoms with E-state index in [-0.39, 0.29) is 0 Å². The van der Waals surface area contributed by atoms with Crippen molar-refractivity contribution in [3.63, 3.8) is 0 Å². The third-order valence-corrected chi connectivity index (χ3v) is 3.45. The lowest BCUT2D eigenvalue weighted by Gasteiger charge is -1.84. The molecule has 0 N–H and O–H groups in total. The molecule has 0 spiro atoms. The minimum Gasteiger partial charge on any atom is -0.266 e. The van der Waals surface area contributed by atoms with Crippen LogP contribution in [0.4, 0.5) is 0 Å². The van der Waals surface area contributed by atoms with Crippen molar-refractivity contribution in [3.8, 4) is 0 Å². The zero-order chi connectivity index (χ0) is 7.14. The first kappa shape index (κ1) is 6.60. The summed E-state index contributed by atoms with van der Waals surface area (Å²) in [5.74, 6) is 0. The van der Waals surface area contributed by atoms with E-state index in [1.54, 1.807) is 11.3 Å². The second kappa shape index (κ2) is 2.20. The lowest BCUT2D eigenvalue weighted by atomic mass is 10.5. The molecule has 0 radical (unpaired) electrons. The molecule has 52 valence electrons. The number of halogens is 1. The van der Waals surface area contributed by atoms with E-state index in [1.165, 1.54) is 10.2 Å². The number of nitrogens with zero attached hydrogens (tertiary/aromatic N) is 2. The van der Waals surface area contributed by atoms with Gasteiger partial charge in [0, 0.05) is 7.05 Å². The number of aryl methyl sites for hydroxylation is 1. The first-order valence-electron chi connectivity index (χ1n) is 2.85. The molecular formula is C6H5IN2S. The van der Waals surface area contributed by atoms with Gasteiger partial charge in [0.15, 0.2) is 0 Å². The Balaban J connectivity index is 2.98. The molecule has 0 fully saturated rings. The van der Waals surface area contributed by atoms with E-state index in [0.717, 1.165) is 3.70 Å². The lowest BCUT2D eigenvalue weighted by molar-refractivity contribution is 0.787. The van der Waals surface area contributed by atoms with Gasteiger partial charge in [-0.25, -0.2) is 0 Å². The molecule has 10 heavy (non-hydrogen) atoms. The van der Waals surface area contributed by atoms with Gasteiger partial charge in [-0.1, -0.05) is 0 Å². The molecule has 0 atom stereocenters. The van der Waals surface area contributed by atoms with Crippen molar-refractivity contribution in [1.29, 1.82) is 0 Å². The molecule has 2 rings (SSSR count). The molecule has 2 nitrogen and oxygen atoms in total. The van der Waals surface area contributed by atoms with E-state index in [0.29, 0.717) is 0 Å². The molecule has 0 aliphatic heterocycles. The highest BCUT2D eigenvalue weighted by atomic mass is 127. The van der Waals surface area contributed by atoms with E-state index >= 15 is 0 Å². The van der Waals surface area contributed by atoms with Crippen molar-refractivity contribution < 1.29 is 0 Å². The fraction of sp³-hybridized carbons (Fsp3) is 0.167. The Bertz CT molecular complexity index is 331. The molecule has 0 saturated heterocycles. The Morgan fingerprint density at radius 1 is 1.70 bits per heavy atom. The van der Waals surface area contributed by atoms with Crippen molar-refractivity contribution >= 4 is 44.1 Å². The number of thiophene rings is 1. The summed E-state index contributed by atoms with van der Waals surface area (Å²) in [7, 11) is 1.97. The number of fused-ring (bicyclic) bond motifs is 1. The summed E-state index contributed by atoms with van der Waals surface area (Å²) in [4.78, 5) is 0. The fourth-order valence-electron chi connectivity index (χ4n) is 0.943. The summed E-state index contributed by atoms with van der Waals surface area (Å²) in [6.07, 6.45) is 0. The van der Waals surface area contributed by atoms with Gasteiger partial charge in [-0.05, 0) is 34.0 Å². The molecule has 0 bridgehead atoms. The van der Waals surface area contributed by atoms with Gasteiger partial charge in [0.05, 0.1) is 10.2 Å². The van der Waals surface area contributed by atoms with Crippen molar-refractivity contribution in [2.75, 3.05) is 0 Å². The van der Waals surface area contributed by atoms with Crippen LogP contribution in [0.1, 0.15) is 0 Å². The molecule has 4 heteroatoms. The highest BCUT2D eigenvalue weighted by Gasteiger charge is 2.04. The summed E-state index contributed by atoms with van der Waals surface area (Å²) in [6, 6.07) is 2.09. The van der Waals surface area contributed by atoms with Crippen LogP contribution in [-0.4, -0.2) is 9.78 Å². The maximum Gasteiger partial charge on any atom is 0.141 e. The topological polar surface area (TPSA) is 17.8 Å². The summed E-state index contributed by atoms with van der Waals surface area (Å²) < 4.78 is 4.31. The monoisotopic (exact) mass is 264 g/mol. The van der Waals surface area contributed by atoms with Crippen LogP contribution in [0.25, 0.3) is 10.2 Å². The van der Waals surface area contributed by atoms with E-state index in [1.807, 2.05) is 11.7 Å². The van der Waals surface area contributed by atoms with Crippen LogP contribution in [0.15, 0.2) is 11.4 Å². The van der Waals surface area contributed by atoms with Crippen molar-refractivity contribution in [1.82, 2.24) is 9.78 Å². The van der Waals surface area contributed by atoms with Crippen LogP contribution in [0.5, 0.6) is 0 Å². The highest BCUT2D eigenvalue weighted by molar-refractivity contribution is 14.1. The predicted octanol–water partition coefficient (Wildman–Crippen LogP) is 2.24. The summed E-state index contributed by atoms with van der Waals surface area (Å²) >= 11 is 4.00. The van der Waals surface area contributed by atoms with E-state index in [2.05, 4.69) is 39.1 Å². The third kappa shape index (κ3) is 0.784. The second-order valence-corrected chi connectivity index (χ2v) is 3.99. The van der Waals surface area contributed by atoms with Gasteiger partial charge in [-0.3, -0.25) is 4.68 Å². The van der Waals surface area contributed by atoms with Crippen LogP contribution >= 0.6 is 33.9 Å². The molecule has 0 aliphatic carbocycles. The quantitative estimate of drug-likeness (QED) is 0.667. The van der Waals surface area contributed by atoms with Crippen LogP contribution in [-0.2, 0) is 7.05 Å². The van der Waals surface area contributed by atoms with E-state index < -0.39 is 0 Å². The first-order chi connectivity index (χ1) is 4.79. The number of rotatable bonds is 0. The van der Waals surface area contributed by atoms with Gasteiger partial charge in [0.25, 0.3) is 0 Å². The largest absolute Gasteiger partial charge is 0.266 e. The fourth-order valence-corrected chi connectivity index (χ4v) is 2.72. The minimum atomic E-state index is 1.10. The Morgan fingerprint density at radius 3 is 3.20 bits per heavy atom.